The summed E-state index contributed by atoms with van der Waals surface area (Å²) in [7, 11) is 3.11. The molecule has 0 rings (SSSR count). The van der Waals surface area contributed by atoms with E-state index in [-0.39, 0.29) is 0 Å². The van der Waals surface area contributed by atoms with Crippen molar-refractivity contribution in [1.29, 1.82) is 10.8 Å². The van der Waals surface area contributed by atoms with Gasteiger partial charge in [-0.1, -0.05) is 32.1 Å². The first-order chi connectivity index (χ1) is 8.20. The van der Waals surface area contributed by atoms with Gasteiger partial charge in [0.05, 0.1) is 14.2 Å². The Kier molecular flexibility index (Phi) is 10.7. The number of ether oxygens (including phenoxy) is 2. The molecule has 0 saturated heterocycles. The molecule has 0 saturated carbocycles. The molecule has 0 bridgehead atoms. The average Bonchev–Trinajstić information content (AvgIpc) is 2.35. The summed E-state index contributed by atoms with van der Waals surface area (Å²) in [4.78, 5) is 0. The van der Waals surface area contributed by atoms with Gasteiger partial charge in [-0.15, -0.1) is 0 Å². The van der Waals surface area contributed by atoms with Crippen LogP contribution in [0.1, 0.15) is 57.8 Å². The summed E-state index contributed by atoms with van der Waals surface area (Å²) >= 11 is 0. The Morgan fingerprint density at radius 3 is 1.24 bits per heavy atom. The summed E-state index contributed by atoms with van der Waals surface area (Å²) in [6, 6.07) is 0. The number of rotatable bonds is 10. The van der Waals surface area contributed by atoms with Crippen molar-refractivity contribution in [2.45, 2.75) is 57.8 Å². The molecule has 0 atom stereocenters. The largest absolute Gasteiger partial charge is 0.484 e. The van der Waals surface area contributed by atoms with Crippen LogP contribution < -0.4 is 0 Å². The molecule has 0 heterocycles. The fraction of sp³-hybridized carbons (Fsp3) is 0.846. The van der Waals surface area contributed by atoms with Crippen LogP contribution in [0.5, 0.6) is 0 Å². The van der Waals surface area contributed by atoms with Gasteiger partial charge in [0, 0.05) is 12.8 Å². The molecule has 17 heavy (non-hydrogen) atoms. The highest BCUT2D eigenvalue weighted by atomic mass is 16.5. The molecule has 4 nitrogen and oxygen atoms in total. The Bertz CT molecular complexity index is 195. The van der Waals surface area contributed by atoms with Gasteiger partial charge in [-0.3, -0.25) is 10.8 Å². The second kappa shape index (κ2) is 11.4. The predicted molar refractivity (Wildman–Crippen MR) is 71.0 cm³/mol. The molecule has 0 aliphatic carbocycles. The molecule has 2 N–H and O–H groups in total. The lowest BCUT2D eigenvalue weighted by atomic mass is 10.1. The zero-order valence-electron chi connectivity index (χ0n) is 11.2. The van der Waals surface area contributed by atoms with E-state index in [9.17, 15) is 0 Å². The summed E-state index contributed by atoms with van der Waals surface area (Å²) in [6.45, 7) is 0. The first-order valence-corrected chi connectivity index (χ1v) is 6.43. The van der Waals surface area contributed by atoms with Crippen LogP contribution in [0.2, 0.25) is 0 Å². The second-order valence-electron chi connectivity index (χ2n) is 4.23. The molecule has 0 unspecified atom stereocenters. The highest BCUT2D eigenvalue weighted by molar-refractivity contribution is 5.72. The lowest BCUT2D eigenvalue weighted by Gasteiger charge is -2.03. The van der Waals surface area contributed by atoms with Gasteiger partial charge in [-0.25, -0.2) is 0 Å². The van der Waals surface area contributed by atoms with Gasteiger partial charge in [-0.2, -0.15) is 0 Å². The van der Waals surface area contributed by atoms with E-state index in [1.54, 1.807) is 14.2 Å². The van der Waals surface area contributed by atoms with E-state index in [0.29, 0.717) is 11.8 Å². The summed E-state index contributed by atoms with van der Waals surface area (Å²) in [5, 5.41) is 14.6. The maximum absolute atomic E-state index is 7.31. The van der Waals surface area contributed by atoms with E-state index < -0.39 is 0 Å². The van der Waals surface area contributed by atoms with Gasteiger partial charge in [0.1, 0.15) is 0 Å². The molecule has 4 heteroatoms. The first kappa shape index (κ1) is 15.9. The van der Waals surface area contributed by atoms with Crippen molar-refractivity contribution < 1.29 is 9.47 Å². The Labute approximate surface area is 105 Å². The number of hydrogen-bond acceptors (Lipinski definition) is 4. The van der Waals surface area contributed by atoms with Crippen molar-refractivity contribution in [2.24, 2.45) is 0 Å². The van der Waals surface area contributed by atoms with Crippen molar-refractivity contribution in [3.8, 4) is 0 Å². The summed E-state index contributed by atoms with van der Waals surface area (Å²) in [6.07, 6.45) is 9.72. The molecule has 0 spiro atoms. The lowest BCUT2D eigenvalue weighted by molar-refractivity contribution is 0.381. The van der Waals surface area contributed by atoms with Gasteiger partial charge < -0.3 is 9.47 Å². The standard InChI is InChI=1S/C13H26N2O2/c1-16-12(14)10-8-6-4-3-5-7-9-11-13(15)17-2/h14-15H,3-11H2,1-2H3. The van der Waals surface area contributed by atoms with Gasteiger partial charge in [0.15, 0.2) is 11.8 Å². The van der Waals surface area contributed by atoms with Crippen molar-refractivity contribution in [1.82, 2.24) is 0 Å². The van der Waals surface area contributed by atoms with Crippen LogP contribution in [-0.4, -0.2) is 26.0 Å². The Hall–Kier alpha value is -1.06. The minimum Gasteiger partial charge on any atom is -0.484 e. The van der Waals surface area contributed by atoms with Crippen LogP contribution in [0.15, 0.2) is 0 Å². The second-order valence-corrected chi connectivity index (χ2v) is 4.23. The van der Waals surface area contributed by atoms with E-state index in [0.717, 1.165) is 25.7 Å². The monoisotopic (exact) mass is 242 g/mol. The molecule has 0 aliphatic rings. The first-order valence-electron chi connectivity index (χ1n) is 6.43. The third-order valence-electron chi connectivity index (χ3n) is 2.80. The van der Waals surface area contributed by atoms with Crippen LogP contribution >= 0.6 is 0 Å². The number of methoxy groups -OCH3 is 2. The average molecular weight is 242 g/mol. The smallest absolute Gasteiger partial charge is 0.180 e. The zero-order chi connectivity index (χ0) is 12.9. The fourth-order valence-electron chi connectivity index (χ4n) is 1.66. The Morgan fingerprint density at radius 1 is 0.647 bits per heavy atom. The summed E-state index contributed by atoms with van der Waals surface area (Å²) in [5.74, 6) is 0.783. The van der Waals surface area contributed by atoms with Crippen molar-refractivity contribution in [2.75, 3.05) is 14.2 Å². The number of unbranched alkanes of at least 4 members (excludes halogenated alkanes) is 6. The maximum Gasteiger partial charge on any atom is 0.180 e. The van der Waals surface area contributed by atoms with Crippen LogP contribution in [-0.2, 0) is 9.47 Å². The molecule has 0 radical (unpaired) electrons. The van der Waals surface area contributed by atoms with Gasteiger partial charge >= 0.3 is 0 Å². The van der Waals surface area contributed by atoms with Crippen molar-refractivity contribution >= 4 is 11.8 Å². The zero-order valence-corrected chi connectivity index (χ0v) is 11.2. The van der Waals surface area contributed by atoms with Gasteiger partial charge in [0.2, 0.25) is 0 Å². The molecular formula is C13H26N2O2. The van der Waals surface area contributed by atoms with Gasteiger partial charge in [0.25, 0.3) is 0 Å². The van der Waals surface area contributed by atoms with Crippen LogP contribution in [0.25, 0.3) is 0 Å². The van der Waals surface area contributed by atoms with Crippen molar-refractivity contribution in [3.05, 3.63) is 0 Å². The number of nitrogens with one attached hydrogen (secondary N) is 2. The van der Waals surface area contributed by atoms with E-state index in [2.05, 4.69) is 0 Å². The molecule has 0 aliphatic heterocycles. The van der Waals surface area contributed by atoms with E-state index >= 15 is 0 Å². The SMILES string of the molecule is COC(=N)CCCCCCCCCC(=N)OC. The molecule has 0 amide bonds. The topological polar surface area (TPSA) is 66.2 Å². The summed E-state index contributed by atoms with van der Waals surface area (Å²) in [5.41, 5.74) is 0. The molecule has 0 fully saturated rings. The third-order valence-corrected chi connectivity index (χ3v) is 2.80. The van der Waals surface area contributed by atoms with Crippen LogP contribution in [0.4, 0.5) is 0 Å². The lowest BCUT2D eigenvalue weighted by Crippen LogP contribution is -1.98. The minimum absolute atomic E-state index is 0.392. The quantitative estimate of drug-likeness (QED) is 0.348. The maximum atomic E-state index is 7.31. The molecular weight excluding hydrogens is 216 g/mol. The van der Waals surface area contributed by atoms with E-state index in [4.69, 9.17) is 20.3 Å². The van der Waals surface area contributed by atoms with Gasteiger partial charge in [-0.05, 0) is 12.8 Å². The normalized spacial score (nSPS) is 10.0. The molecule has 0 aromatic heterocycles. The van der Waals surface area contributed by atoms with Crippen LogP contribution in [0, 0.1) is 10.8 Å². The molecule has 0 aromatic carbocycles. The fourth-order valence-corrected chi connectivity index (χ4v) is 1.66. The highest BCUT2D eigenvalue weighted by Crippen LogP contribution is 2.10. The van der Waals surface area contributed by atoms with Crippen molar-refractivity contribution in [3.63, 3.8) is 0 Å². The Morgan fingerprint density at radius 2 is 0.941 bits per heavy atom. The molecule has 100 valence electrons. The third kappa shape index (κ3) is 11.2. The highest BCUT2D eigenvalue weighted by Gasteiger charge is 1.97. The summed E-state index contributed by atoms with van der Waals surface area (Å²) < 4.78 is 9.59. The minimum atomic E-state index is 0.392. The predicted octanol–water partition coefficient (Wildman–Crippen LogP) is 3.74. The Balaban J connectivity index is 3.08. The molecule has 0 aromatic rings. The van der Waals surface area contributed by atoms with E-state index in [1.807, 2.05) is 0 Å². The van der Waals surface area contributed by atoms with E-state index in [1.165, 1.54) is 32.1 Å². The number of hydrogen-bond donors (Lipinski definition) is 2. The van der Waals surface area contributed by atoms with Crippen LogP contribution in [0.3, 0.4) is 0 Å².